The molecule has 4 aromatic carbocycles. The largest absolute Gasteiger partial charge is 1.00 e. The van der Waals surface area contributed by atoms with Crippen LogP contribution in [0.1, 0.15) is 6.92 Å². The van der Waals surface area contributed by atoms with Crippen LogP contribution in [0.5, 0.6) is 0 Å². The number of rotatable bonds is 4. The molecule has 0 bridgehead atoms. The van der Waals surface area contributed by atoms with Crippen molar-refractivity contribution >= 4 is 28.0 Å². The smallest absolute Gasteiger partial charge is 0.397 e. The maximum absolute atomic E-state index is 7.57. The van der Waals surface area contributed by atoms with Gasteiger partial charge in [0, 0.05) is 6.61 Å². The summed E-state index contributed by atoms with van der Waals surface area (Å²) in [7, 11) is 0. The van der Waals surface area contributed by atoms with Gasteiger partial charge in [-0.25, -0.2) is 0 Å². The van der Waals surface area contributed by atoms with E-state index in [9.17, 15) is 0 Å². The van der Waals surface area contributed by atoms with E-state index in [4.69, 9.17) is 5.11 Å². The molecule has 0 spiro atoms. The topological polar surface area (TPSA) is 20.2 Å². The van der Waals surface area contributed by atoms with Gasteiger partial charge in [-0.1, -0.05) is 121 Å². The Morgan fingerprint density at radius 2 is 0.655 bits per heavy atom. The van der Waals surface area contributed by atoms with E-state index in [1.165, 1.54) is 21.9 Å². The Bertz CT molecular complexity index is 781. The van der Waals surface area contributed by atoms with Crippen LogP contribution < -0.4 is 73.2 Å². The Hall–Kier alpha value is -1.46. The quantitative estimate of drug-likeness (QED) is 0.478. The zero-order valence-electron chi connectivity index (χ0n) is 17.3. The molecule has 0 saturated carbocycles. The molecule has 0 aliphatic carbocycles. The zero-order valence-corrected chi connectivity index (χ0v) is 20.4. The average molecular weight is 404 g/mol. The second kappa shape index (κ2) is 12.3. The molecule has 29 heavy (non-hydrogen) atoms. The van der Waals surface area contributed by atoms with Crippen LogP contribution >= 0.6 is 0 Å². The van der Waals surface area contributed by atoms with Crippen molar-refractivity contribution in [2.24, 2.45) is 0 Å². The monoisotopic (exact) mass is 404 g/mol. The number of aliphatic hydroxyl groups is 1. The van der Waals surface area contributed by atoms with Crippen molar-refractivity contribution < 1.29 is 56.5 Å². The summed E-state index contributed by atoms with van der Waals surface area (Å²) in [5.74, 6) is 0. The van der Waals surface area contributed by atoms with Gasteiger partial charge in [-0.05, 0) is 6.92 Å². The van der Waals surface area contributed by atoms with Crippen LogP contribution in [-0.4, -0.2) is 17.9 Å². The standard InChI is InChI=1S/C24H20B.C2H6O.K/c1-5-13-21(14-6-1)25(22-15-7-2-8-16-22,23-17-9-3-10-18-23)24-19-11-4-12-20-24;1-2-3;/h1-20H;3H,2H2,1H3;/q-1;;+1. The number of hydrogen-bond donors (Lipinski definition) is 1. The molecule has 1 nitrogen and oxygen atoms in total. The van der Waals surface area contributed by atoms with Crippen molar-refractivity contribution in [1.82, 2.24) is 0 Å². The Labute approximate surface area is 217 Å². The van der Waals surface area contributed by atoms with Crippen molar-refractivity contribution in [1.29, 1.82) is 0 Å². The van der Waals surface area contributed by atoms with Crippen LogP contribution in [0, 0.1) is 0 Å². The van der Waals surface area contributed by atoms with Gasteiger partial charge >= 0.3 is 51.4 Å². The molecule has 0 fully saturated rings. The molecule has 0 unspecified atom stereocenters. The van der Waals surface area contributed by atoms with Crippen molar-refractivity contribution in [3.63, 3.8) is 0 Å². The van der Waals surface area contributed by atoms with E-state index in [2.05, 4.69) is 121 Å². The van der Waals surface area contributed by atoms with E-state index in [0.717, 1.165) is 0 Å². The Balaban J connectivity index is 0.000000708. The molecule has 4 rings (SSSR count). The molecule has 0 aliphatic heterocycles. The third-order valence-electron chi connectivity index (χ3n) is 5.20. The van der Waals surface area contributed by atoms with E-state index < -0.39 is 6.15 Å². The van der Waals surface area contributed by atoms with Crippen LogP contribution in [0.2, 0.25) is 0 Å². The molecule has 0 radical (unpaired) electrons. The number of hydrogen-bond acceptors (Lipinski definition) is 1. The average Bonchev–Trinajstić information content (AvgIpc) is 2.78. The first kappa shape index (κ1) is 23.8. The predicted molar refractivity (Wildman–Crippen MR) is 123 cm³/mol. The molecule has 0 atom stereocenters. The summed E-state index contributed by atoms with van der Waals surface area (Å²) in [5.41, 5.74) is 5.36. The van der Waals surface area contributed by atoms with E-state index in [1.54, 1.807) is 6.92 Å². The van der Waals surface area contributed by atoms with E-state index >= 15 is 0 Å². The van der Waals surface area contributed by atoms with Crippen LogP contribution in [0.4, 0.5) is 0 Å². The molecule has 0 aromatic heterocycles. The fraction of sp³-hybridized carbons (Fsp3) is 0.0769. The fourth-order valence-electron chi connectivity index (χ4n) is 4.12. The summed E-state index contributed by atoms with van der Waals surface area (Å²) >= 11 is 0. The summed E-state index contributed by atoms with van der Waals surface area (Å²) in [6, 6.07) is 43.5. The Morgan fingerprint density at radius 1 is 0.483 bits per heavy atom. The van der Waals surface area contributed by atoms with Gasteiger partial charge in [-0.15, -0.1) is 0 Å². The minimum atomic E-state index is -1.22. The second-order valence-electron chi connectivity index (χ2n) is 6.82. The molecular formula is C26H26BKO. The van der Waals surface area contributed by atoms with Crippen LogP contribution in [-0.2, 0) is 0 Å². The Morgan fingerprint density at radius 3 is 0.828 bits per heavy atom. The minimum Gasteiger partial charge on any atom is -0.397 e. The van der Waals surface area contributed by atoms with Gasteiger partial charge < -0.3 is 5.11 Å². The number of aliphatic hydroxyl groups excluding tert-OH is 1. The summed E-state index contributed by atoms with van der Waals surface area (Å²) in [4.78, 5) is 0. The molecule has 0 saturated heterocycles. The first-order chi connectivity index (χ1) is 13.8. The first-order valence-corrected chi connectivity index (χ1v) is 9.82. The van der Waals surface area contributed by atoms with Gasteiger partial charge in [-0.3, -0.25) is 0 Å². The van der Waals surface area contributed by atoms with Crippen LogP contribution in [0.25, 0.3) is 0 Å². The minimum absolute atomic E-state index is 0. The SMILES string of the molecule is CCO.[K+].c1ccc([B-](c2ccccc2)(c2ccccc2)c2ccccc2)cc1. The van der Waals surface area contributed by atoms with Crippen LogP contribution in [0.3, 0.4) is 0 Å². The van der Waals surface area contributed by atoms with Gasteiger partial charge in [0.25, 0.3) is 0 Å². The van der Waals surface area contributed by atoms with E-state index in [1.807, 2.05) is 0 Å². The van der Waals surface area contributed by atoms with Crippen LogP contribution in [0.15, 0.2) is 121 Å². The molecule has 140 valence electrons. The second-order valence-corrected chi connectivity index (χ2v) is 6.82. The van der Waals surface area contributed by atoms with Gasteiger partial charge in [0.1, 0.15) is 6.15 Å². The maximum atomic E-state index is 7.57. The molecule has 0 amide bonds. The van der Waals surface area contributed by atoms with Crippen molar-refractivity contribution in [3.05, 3.63) is 121 Å². The molecule has 3 heteroatoms. The van der Waals surface area contributed by atoms with Gasteiger partial charge in [0.15, 0.2) is 0 Å². The fourth-order valence-corrected chi connectivity index (χ4v) is 4.12. The van der Waals surface area contributed by atoms with Crippen molar-refractivity contribution in [3.8, 4) is 0 Å². The van der Waals surface area contributed by atoms with Gasteiger partial charge in [0.05, 0.1) is 0 Å². The molecule has 0 heterocycles. The molecule has 1 N–H and O–H groups in total. The normalized spacial score (nSPS) is 10.3. The Kier molecular flexibility index (Phi) is 10.1. The van der Waals surface area contributed by atoms with E-state index in [0.29, 0.717) is 0 Å². The van der Waals surface area contributed by atoms with Gasteiger partial charge in [-0.2, -0.15) is 21.9 Å². The van der Waals surface area contributed by atoms with Crippen molar-refractivity contribution in [2.75, 3.05) is 6.61 Å². The van der Waals surface area contributed by atoms with Gasteiger partial charge in [0.2, 0.25) is 0 Å². The molecule has 0 aliphatic rings. The predicted octanol–water partition coefficient (Wildman–Crippen LogP) is 0.0666. The molecular weight excluding hydrogens is 378 g/mol. The summed E-state index contributed by atoms with van der Waals surface area (Å²) in [5, 5.41) is 7.57. The zero-order chi connectivity index (χ0) is 19.7. The molecule has 4 aromatic rings. The first-order valence-electron chi connectivity index (χ1n) is 9.82. The number of benzene rings is 4. The summed E-state index contributed by atoms with van der Waals surface area (Å²) < 4.78 is 0. The third-order valence-corrected chi connectivity index (χ3v) is 5.20. The maximum Gasteiger partial charge on any atom is 1.00 e. The van der Waals surface area contributed by atoms with E-state index in [-0.39, 0.29) is 58.0 Å². The van der Waals surface area contributed by atoms with Crippen molar-refractivity contribution in [2.45, 2.75) is 6.92 Å². The summed E-state index contributed by atoms with van der Waals surface area (Å²) in [6.45, 7) is 1.93. The summed E-state index contributed by atoms with van der Waals surface area (Å²) in [6.07, 6.45) is -1.22. The third kappa shape index (κ3) is 5.37.